The average Bonchev–Trinajstić information content (AvgIpc) is 3.58. The van der Waals surface area contributed by atoms with Crippen molar-refractivity contribution in [1.82, 2.24) is 29.3 Å². The third kappa shape index (κ3) is 4.69. The number of pyridine rings is 2. The third-order valence-electron chi connectivity index (χ3n) is 8.94. The molecule has 212 valence electrons. The highest BCUT2D eigenvalue weighted by Gasteiger charge is 2.52. The number of hydrogen-bond acceptors (Lipinski definition) is 6. The molecular formula is C31H36N8O2. The van der Waals surface area contributed by atoms with Crippen LogP contribution >= 0.6 is 0 Å². The molecule has 2 aliphatic rings. The summed E-state index contributed by atoms with van der Waals surface area (Å²) in [4.78, 5) is 21.0. The molecule has 0 saturated carbocycles. The second-order valence-corrected chi connectivity index (χ2v) is 12.6. The van der Waals surface area contributed by atoms with Crippen LogP contribution in [0.4, 0.5) is 10.6 Å². The second-order valence-electron chi connectivity index (χ2n) is 12.6. The Balaban J connectivity index is 1.28. The van der Waals surface area contributed by atoms with Crippen molar-refractivity contribution < 1.29 is 9.90 Å². The van der Waals surface area contributed by atoms with E-state index in [1.807, 2.05) is 31.8 Å². The average molecular weight is 553 g/mol. The first-order valence-electron chi connectivity index (χ1n) is 14.2. The quantitative estimate of drug-likeness (QED) is 0.360. The third-order valence-corrected chi connectivity index (χ3v) is 8.94. The summed E-state index contributed by atoms with van der Waals surface area (Å²) in [5.41, 5.74) is 4.84. The highest BCUT2D eigenvalue weighted by molar-refractivity contribution is 5.87. The maximum absolute atomic E-state index is 12.2. The lowest BCUT2D eigenvalue weighted by Crippen LogP contribution is -2.62. The zero-order valence-corrected chi connectivity index (χ0v) is 24.1. The Morgan fingerprint density at radius 2 is 1.80 bits per heavy atom. The van der Waals surface area contributed by atoms with Crippen molar-refractivity contribution >= 4 is 17.4 Å². The van der Waals surface area contributed by atoms with E-state index >= 15 is 0 Å². The van der Waals surface area contributed by atoms with Crippen molar-refractivity contribution in [3.05, 3.63) is 54.7 Å². The number of hydrogen-bond donors (Lipinski definition) is 1. The van der Waals surface area contributed by atoms with Crippen LogP contribution in [0.3, 0.4) is 0 Å². The molecule has 0 aromatic carbocycles. The Hall–Kier alpha value is -4.39. The Labute approximate surface area is 239 Å². The molecule has 10 heteroatoms. The lowest BCUT2D eigenvalue weighted by Gasteiger charge is -2.57. The van der Waals surface area contributed by atoms with Gasteiger partial charge >= 0.3 is 6.09 Å². The van der Waals surface area contributed by atoms with Crippen LogP contribution in [0.2, 0.25) is 0 Å². The van der Waals surface area contributed by atoms with Crippen LogP contribution in [0.15, 0.2) is 49.2 Å². The van der Waals surface area contributed by atoms with Gasteiger partial charge in [-0.15, -0.1) is 0 Å². The Bertz CT molecular complexity index is 1630. The number of aryl methyl sites for hydroxylation is 1. The Kier molecular flexibility index (Phi) is 6.48. The summed E-state index contributed by atoms with van der Waals surface area (Å²) in [7, 11) is 1.88. The SMILES string of the molecule is Cn1cc(-c2cc(-c3ccc(N4CCC5(CCCN(C(=O)O)C5C(C)(C)C)CC4)nc3)c3c(C#N)cnn3c2)cn1. The maximum atomic E-state index is 12.2. The summed E-state index contributed by atoms with van der Waals surface area (Å²) in [5.74, 6) is 0.912. The molecule has 0 radical (unpaired) electrons. The van der Waals surface area contributed by atoms with E-state index in [0.29, 0.717) is 12.1 Å². The molecule has 0 bridgehead atoms. The van der Waals surface area contributed by atoms with Gasteiger partial charge in [0.2, 0.25) is 0 Å². The summed E-state index contributed by atoms with van der Waals surface area (Å²) in [6, 6.07) is 8.45. The van der Waals surface area contributed by atoms with E-state index in [2.05, 4.69) is 60.1 Å². The summed E-state index contributed by atoms with van der Waals surface area (Å²) in [6.07, 6.45) is 12.2. The monoisotopic (exact) mass is 552 g/mol. The van der Waals surface area contributed by atoms with E-state index in [9.17, 15) is 15.2 Å². The van der Waals surface area contributed by atoms with Crippen molar-refractivity contribution in [2.75, 3.05) is 24.5 Å². The standard InChI is InChI=1S/C31H36N8O2/c1-30(2,3)28-31(8-5-11-38(28)29(40)41)9-12-37(13-10-31)26-7-6-21(16-33-26)25-14-22(24-18-34-36(4)19-24)20-39-27(25)23(15-32)17-35-39/h6-7,14,16-20,28H,5,8-13H2,1-4H3,(H,40,41). The van der Waals surface area contributed by atoms with E-state index in [0.717, 1.165) is 72.4 Å². The van der Waals surface area contributed by atoms with Gasteiger partial charge in [-0.25, -0.2) is 14.3 Å². The lowest BCUT2D eigenvalue weighted by molar-refractivity contribution is -0.0492. The summed E-state index contributed by atoms with van der Waals surface area (Å²) in [5, 5.41) is 28.5. The van der Waals surface area contributed by atoms with Crippen molar-refractivity contribution in [3.8, 4) is 28.3 Å². The fourth-order valence-electron chi connectivity index (χ4n) is 7.38. The highest BCUT2D eigenvalue weighted by Crippen LogP contribution is 2.51. The highest BCUT2D eigenvalue weighted by atomic mass is 16.4. The molecule has 0 aliphatic carbocycles. The van der Waals surface area contributed by atoms with Crippen LogP contribution in [0.25, 0.3) is 27.8 Å². The number of aromatic nitrogens is 5. The molecule has 1 amide bonds. The molecule has 6 rings (SSSR count). The number of anilines is 1. The minimum atomic E-state index is -0.803. The smallest absolute Gasteiger partial charge is 0.407 e. The minimum absolute atomic E-state index is 0.00165. The summed E-state index contributed by atoms with van der Waals surface area (Å²) in [6.45, 7) is 8.82. The molecule has 1 atom stereocenters. The molecule has 2 aliphatic heterocycles. The molecule has 4 aromatic heterocycles. The van der Waals surface area contributed by atoms with Crippen molar-refractivity contribution in [1.29, 1.82) is 5.26 Å². The number of rotatable bonds is 3. The van der Waals surface area contributed by atoms with Gasteiger partial charge in [0.15, 0.2) is 0 Å². The number of fused-ring (bicyclic) bond motifs is 1. The number of amides is 1. The zero-order chi connectivity index (χ0) is 28.9. The largest absolute Gasteiger partial charge is 0.465 e. The van der Waals surface area contributed by atoms with Gasteiger partial charge < -0.3 is 14.9 Å². The predicted molar refractivity (Wildman–Crippen MR) is 156 cm³/mol. The fraction of sp³-hybridized carbons (Fsp3) is 0.452. The van der Waals surface area contributed by atoms with Gasteiger partial charge in [-0.3, -0.25) is 4.68 Å². The van der Waals surface area contributed by atoms with E-state index in [-0.39, 0.29) is 16.9 Å². The molecule has 2 saturated heterocycles. The lowest BCUT2D eigenvalue weighted by atomic mass is 9.60. The predicted octanol–water partition coefficient (Wildman–Crippen LogP) is 5.44. The maximum Gasteiger partial charge on any atom is 0.407 e. The van der Waals surface area contributed by atoms with Gasteiger partial charge in [-0.05, 0) is 54.7 Å². The van der Waals surface area contributed by atoms with Crippen molar-refractivity contribution in [3.63, 3.8) is 0 Å². The number of nitrogens with zero attached hydrogens (tertiary/aromatic N) is 8. The Morgan fingerprint density at radius 3 is 2.41 bits per heavy atom. The van der Waals surface area contributed by atoms with Crippen molar-refractivity contribution in [2.24, 2.45) is 17.9 Å². The first-order chi connectivity index (χ1) is 19.6. The fourth-order valence-corrected chi connectivity index (χ4v) is 7.38. The topological polar surface area (TPSA) is 116 Å². The van der Waals surface area contributed by atoms with Crippen LogP contribution in [0.5, 0.6) is 0 Å². The molecule has 4 aromatic rings. The molecule has 41 heavy (non-hydrogen) atoms. The van der Waals surface area contributed by atoms with Crippen LogP contribution < -0.4 is 4.90 Å². The van der Waals surface area contributed by atoms with Gasteiger partial charge in [0.1, 0.15) is 11.9 Å². The number of nitriles is 1. The van der Waals surface area contributed by atoms with Gasteiger partial charge in [0.25, 0.3) is 0 Å². The van der Waals surface area contributed by atoms with E-state index in [4.69, 9.17) is 4.98 Å². The minimum Gasteiger partial charge on any atom is -0.465 e. The first-order valence-corrected chi connectivity index (χ1v) is 14.2. The number of likely N-dealkylation sites (tertiary alicyclic amines) is 1. The van der Waals surface area contributed by atoms with Crippen LogP contribution in [-0.4, -0.2) is 66.2 Å². The van der Waals surface area contributed by atoms with E-state index in [1.54, 1.807) is 20.3 Å². The van der Waals surface area contributed by atoms with Gasteiger partial charge in [0.05, 0.1) is 23.5 Å². The molecule has 1 N–H and O–H groups in total. The second kappa shape index (κ2) is 9.91. The van der Waals surface area contributed by atoms with Gasteiger partial charge in [-0.1, -0.05) is 20.8 Å². The number of carboxylic acid groups (broad SMARTS) is 1. The van der Waals surface area contributed by atoms with Gasteiger partial charge in [-0.2, -0.15) is 15.5 Å². The molecule has 1 unspecified atom stereocenters. The molecular weight excluding hydrogens is 516 g/mol. The van der Waals surface area contributed by atoms with E-state index in [1.165, 1.54) is 0 Å². The normalized spacial score (nSPS) is 19.0. The summed E-state index contributed by atoms with van der Waals surface area (Å²) >= 11 is 0. The van der Waals surface area contributed by atoms with Crippen molar-refractivity contribution in [2.45, 2.75) is 52.5 Å². The van der Waals surface area contributed by atoms with Crippen LogP contribution in [-0.2, 0) is 7.05 Å². The van der Waals surface area contributed by atoms with Crippen LogP contribution in [0.1, 0.15) is 52.0 Å². The molecule has 2 fully saturated rings. The number of carbonyl (C=O) groups is 1. The molecule has 1 spiro atoms. The number of piperidine rings is 2. The molecule has 10 nitrogen and oxygen atoms in total. The summed E-state index contributed by atoms with van der Waals surface area (Å²) < 4.78 is 3.52. The zero-order valence-electron chi connectivity index (χ0n) is 24.1. The van der Waals surface area contributed by atoms with E-state index < -0.39 is 6.09 Å². The van der Waals surface area contributed by atoms with Crippen LogP contribution in [0, 0.1) is 22.2 Å². The molecule has 6 heterocycles. The Morgan fingerprint density at radius 1 is 1.02 bits per heavy atom. The van der Waals surface area contributed by atoms with Gasteiger partial charge in [0, 0.05) is 73.6 Å². The first kappa shape index (κ1) is 26.8.